The molecule has 4 N–H and O–H groups in total. The van der Waals surface area contributed by atoms with Crippen LogP contribution in [0, 0.1) is 0 Å². The van der Waals surface area contributed by atoms with Crippen molar-refractivity contribution in [3.63, 3.8) is 0 Å². The minimum Gasteiger partial charge on any atom is -0.497 e. The number of hydrogen-bond acceptors (Lipinski definition) is 5. The molecule has 0 bridgehead atoms. The molecule has 1 aromatic heterocycles. The molecule has 5 nitrogen and oxygen atoms in total. The van der Waals surface area contributed by atoms with Crippen LogP contribution in [0.4, 0.5) is 30.5 Å². The second kappa shape index (κ2) is 5.88. The second-order valence-corrected chi connectivity index (χ2v) is 4.13. The summed E-state index contributed by atoms with van der Waals surface area (Å²) in [5.41, 5.74) is 1.81. The van der Waals surface area contributed by atoms with Gasteiger partial charge in [0.05, 0.1) is 12.7 Å². The van der Waals surface area contributed by atoms with Gasteiger partial charge < -0.3 is 15.5 Å². The van der Waals surface area contributed by atoms with E-state index in [1.807, 2.05) is 0 Å². The molecule has 0 aliphatic rings. The van der Waals surface area contributed by atoms with E-state index in [4.69, 9.17) is 10.6 Å². The van der Waals surface area contributed by atoms with Crippen molar-refractivity contribution in [3.05, 3.63) is 42.0 Å². The van der Waals surface area contributed by atoms with Crippen molar-refractivity contribution in [2.75, 3.05) is 17.9 Å². The van der Waals surface area contributed by atoms with Crippen LogP contribution in [-0.4, -0.2) is 12.1 Å². The lowest BCUT2D eigenvalue weighted by atomic mass is 10.2. The third-order valence-corrected chi connectivity index (χ3v) is 2.64. The zero-order chi connectivity index (χ0) is 15.5. The predicted molar refractivity (Wildman–Crippen MR) is 73.3 cm³/mol. The SMILES string of the molecule is COc1cccc(Nc2cc(C(F)(F)F)cc(NN)n2)c1. The number of aromatic nitrogens is 1. The molecule has 112 valence electrons. The van der Waals surface area contributed by atoms with Crippen molar-refractivity contribution >= 4 is 17.3 Å². The van der Waals surface area contributed by atoms with Gasteiger partial charge in [-0.3, -0.25) is 0 Å². The van der Waals surface area contributed by atoms with Crippen molar-refractivity contribution in [2.45, 2.75) is 6.18 Å². The van der Waals surface area contributed by atoms with Crippen molar-refractivity contribution in [1.29, 1.82) is 0 Å². The van der Waals surface area contributed by atoms with Crippen LogP contribution in [0.3, 0.4) is 0 Å². The summed E-state index contributed by atoms with van der Waals surface area (Å²) in [6, 6.07) is 8.48. The fraction of sp³-hybridized carbons (Fsp3) is 0.154. The van der Waals surface area contributed by atoms with Gasteiger partial charge >= 0.3 is 6.18 Å². The number of benzene rings is 1. The number of nitrogens with one attached hydrogen (secondary N) is 2. The molecule has 8 heteroatoms. The van der Waals surface area contributed by atoms with Crippen LogP contribution in [-0.2, 0) is 6.18 Å². The first-order chi connectivity index (χ1) is 9.92. The molecule has 1 aromatic carbocycles. The average molecular weight is 298 g/mol. The van der Waals surface area contributed by atoms with Crippen molar-refractivity contribution in [2.24, 2.45) is 5.84 Å². The summed E-state index contributed by atoms with van der Waals surface area (Å²) in [5.74, 6) is 5.65. The van der Waals surface area contributed by atoms with Crippen LogP contribution < -0.4 is 21.3 Å². The molecule has 0 saturated carbocycles. The number of pyridine rings is 1. The first kappa shape index (κ1) is 14.9. The molecule has 0 radical (unpaired) electrons. The highest BCUT2D eigenvalue weighted by Crippen LogP contribution is 2.32. The summed E-state index contributed by atoms with van der Waals surface area (Å²) in [5, 5.41) is 2.78. The summed E-state index contributed by atoms with van der Waals surface area (Å²) >= 11 is 0. The molecular formula is C13H13F3N4O. The van der Waals surface area contributed by atoms with Gasteiger partial charge in [0.25, 0.3) is 0 Å². The third kappa shape index (κ3) is 3.76. The molecule has 21 heavy (non-hydrogen) atoms. The Morgan fingerprint density at radius 2 is 1.86 bits per heavy atom. The minimum atomic E-state index is -4.49. The maximum absolute atomic E-state index is 12.8. The van der Waals surface area contributed by atoms with E-state index in [1.165, 1.54) is 7.11 Å². The quantitative estimate of drug-likeness (QED) is 0.597. The highest BCUT2D eigenvalue weighted by atomic mass is 19.4. The number of rotatable bonds is 4. The van der Waals surface area contributed by atoms with Gasteiger partial charge in [0.2, 0.25) is 0 Å². The van der Waals surface area contributed by atoms with E-state index in [9.17, 15) is 13.2 Å². The Bertz CT molecular complexity index is 631. The van der Waals surface area contributed by atoms with Gasteiger partial charge in [-0.05, 0) is 24.3 Å². The first-order valence-corrected chi connectivity index (χ1v) is 5.89. The molecule has 0 fully saturated rings. The van der Waals surface area contributed by atoms with Crippen molar-refractivity contribution in [1.82, 2.24) is 4.98 Å². The average Bonchev–Trinajstić information content (AvgIpc) is 2.46. The van der Waals surface area contributed by atoms with Crippen LogP contribution in [0.1, 0.15) is 5.56 Å². The van der Waals surface area contributed by atoms with E-state index < -0.39 is 11.7 Å². The largest absolute Gasteiger partial charge is 0.497 e. The van der Waals surface area contributed by atoms with E-state index in [-0.39, 0.29) is 11.6 Å². The summed E-state index contributed by atoms with van der Waals surface area (Å²) in [7, 11) is 1.50. The number of hydrazine groups is 1. The maximum Gasteiger partial charge on any atom is 0.416 e. The standard InChI is InChI=1S/C13H13F3N4O/c1-21-10-4-2-3-9(7-10)18-11-5-8(13(14,15)16)6-12(19-11)20-17/h2-7H,17H2,1H3,(H2,18,19,20). The number of methoxy groups -OCH3 is 1. The van der Waals surface area contributed by atoms with Crippen molar-refractivity contribution in [3.8, 4) is 5.75 Å². The number of ether oxygens (including phenoxy) is 1. The van der Waals surface area contributed by atoms with E-state index in [0.717, 1.165) is 12.1 Å². The highest BCUT2D eigenvalue weighted by Gasteiger charge is 2.31. The lowest BCUT2D eigenvalue weighted by Gasteiger charge is -2.13. The molecule has 0 atom stereocenters. The zero-order valence-electron chi connectivity index (χ0n) is 11.0. The molecule has 0 amide bonds. The van der Waals surface area contributed by atoms with Gasteiger partial charge in [0, 0.05) is 11.8 Å². The second-order valence-electron chi connectivity index (χ2n) is 4.13. The highest BCUT2D eigenvalue weighted by molar-refractivity contribution is 5.61. The van der Waals surface area contributed by atoms with E-state index in [0.29, 0.717) is 11.4 Å². The smallest absolute Gasteiger partial charge is 0.416 e. The van der Waals surface area contributed by atoms with Crippen LogP contribution in [0.25, 0.3) is 0 Å². The Morgan fingerprint density at radius 1 is 1.14 bits per heavy atom. The normalized spacial score (nSPS) is 11.1. The molecule has 1 heterocycles. The summed E-state index contributed by atoms with van der Waals surface area (Å²) in [6.45, 7) is 0. The van der Waals surface area contributed by atoms with Crippen LogP contribution in [0.2, 0.25) is 0 Å². The van der Waals surface area contributed by atoms with Crippen molar-refractivity contribution < 1.29 is 17.9 Å². The topological polar surface area (TPSA) is 72.2 Å². The van der Waals surface area contributed by atoms with Gasteiger partial charge in [-0.15, -0.1) is 0 Å². The molecule has 0 aliphatic heterocycles. The number of nitrogens with zero attached hydrogens (tertiary/aromatic N) is 1. The fourth-order valence-corrected chi connectivity index (χ4v) is 1.68. The van der Waals surface area contributed by atoms with Gasteiger partial charge in [-0.1, -0.05) is 6.07 Å². The van der Waals surface area contributed by atoms with Gasteiger partial charge in [0.15, 0.2) is 0 Å². The first-order valence-electron chi connectivity index (χ1n) is 5.89. The molecular weight excluding hydrogens is 285 g/mol. The van der Waals surface area contributed by atoms with Crippen LogP contribution in [0.5, 0.6) is 5.75 Å². The maximum atomic E-state index is 12.8. The Kier molecular flexibility index (Phi) is 4.18. The van der Waals surface area contributed by atoms with Gasteiger partial charge in [-0.2, -0.15) is 13.2 Å². The number of anilines is 3. The molecule has 0 spiro atoms. The predicted octanol–water partition coefficient (Wildman–Crippen LogP) is 3.14. The zero-order valence-corrected chi connectivity index (χ0v) is 11.0. The van der Waals surface area contributed by atoms with Gasteiger partial charge in [0.1, 0.15) is 17.4 Å². The molecule has 0 saturated heterocycles. The van der Waals surface area contributed by atoms with Crippen LogP contribution >= 0.6 is 0 Å². The lowest BCUT2D eigenvalue weighted by molar-refractivity contribution is -0.137. The molecule has 0 aliphatic carbocycles. The molecule has 0 unspecified atom stereocenters. The number of nitrogen functional groups attached to an aromatic ring is 1. The van der Waals surface area contributed by atoms with E-state index >= 15 is 0 Å². The number of alkyl halides is 3. The number of nitrogens with two attached hydrogens (primary N) is 1. The van der Waals surface area contributed by atoms with Gasteiger partial charge in [-0.25, -0.2) is 10.8 Å². The Hall–Kier alpha value is -2.48. The molecule has 2 aromatic rings. The number of hydrogen-bond donors (Lipinski definition) is 3. The summed E-state index contributed by atoms with van der Waals surface area (Å²) < 4.78 is 43.4. The fourth-order valence-electron chi connectivity index (χ4n) is 1.68. The monoisotopic (exact) mass is 298 g/mol. The molecule has 2 rings (SSSR count). The van der Waals surface area contributed by atoms with E-state index in [2.05, 4.69) is 15.7 Å². The lowest BCUT2D eigenvalue weighted by Crippen LogP contribution is -2.13. The summed E-state index contributed by atoms with van der Waals surface area (Å²) in [6.07, 6.45) is -4.49. The third-order valence-electron chi connectivity index (χ3n) is 2.64. The van der Waals surface area contributed by atoms with Crippen LogP contribution in [0.15, 0.2) is 36.4 Å². The Balaban J connectivity index is 2.34. The Morgan fingerprint density at radius 3 is 2.48 bits per heavy atom. The summed E-state index contributed by atoms with van der Waals surface area (Å²) in [4.78, 5) is 3.93. The Labute approximate surface area is 118 Å². The van der Waals surface area contributed by atoms with E-state index in [1.54, 1.807) is 24.3 Å². The number of halogens is 3. The minimum absolute atomic E-state index is 0.0195.